The van der Waals surface area contributed by atoms with Crippen molar-refractivity contribution < 1.29 is 13.5 Å². The van der Waals surface area contributed by atoms with Crippen molar-refractivity contribution in [1.29, 1.82) is 5.26 Å². The van der Waals surface area contributed by atoms with Gasteiger partial charge >= 0.3 is 0 Å². The van der Waals surface area contributed by atoms with Gasteiger partial charge in [-0.3, -0.25) is 0 Å². The molecule has 22 heavy (non-hydrogen) atoms. The molecule has 0 aromatic heterocycles. The first-order valence-corrected chi connectivity index (χ1v) is 9.06. The van der Waals surface area contributed by atoms with E-state index in [0.717, 1.165) is 12.8 Å². The van der Waals surface area contributed by atoms with Gasteiger partial charge in [0, 0.05) is 6.54 Å². The van der Waals surface area contributed by atoms with Crippen molar-refractivity contribution in [2.75, 3.05) is 6.54 Å². The SMILES string of the molecule is CC[C@H](O)[C@@H]1CCCCN1S(=O)(=O)c1cc(C#N)ccc1C. The summed E-state index contributed by atoms with van der Waals surface area (Å²) in [6.45, 7) is 4.00. The third-order valence-corrected chi connectivity index (χ3v) is 6.33. The molecule has 1 aromatic carbocycles. The summed E-state index contributed by atoms with van der Waals surface area (Å²) in [7, 11) is -3.71. The van der Waals surface area contributed by atoms with Crippen molar-refractivity contribution in [2.45, 2.75) is 56.6 Å². The molecule has 6 heteroatoms. The number of benzene rings is 1. The van der Waals surface area contributed by atoms with E-state index in [2.05, 4.69) is 0 Å². The monoisotopic (exact) mass is 322 g/mol. The van der Waals surface area contributed by atoms with Crippen LogP contribution in [0.1, 0.15) is 43.7 Å². The van der Waals surface area contributed by atoms with E-state index < -0.39 is 16.1 Å². The van der Waals surface area contributed by atoms with E-state index in [1.54, 1.807) is 19.1 Å². The number of piperidine rings is 1. The molecule has 1 aromatic rings. The number of hydrogen-bond acceptors (Lipinski definition) is 4. The zero-order chi connectivity index (χ0) is 16.3. The lowest BCUT2D eigenvalue weighted by atomic mass is 9.98. The largest absolute Gasteiger partial charge is 0.391 e. The second-order valence-corrected chi connectivity index (χ2v) is 7.61. The van der Waals surface area contributed by atoms with E-state index in [1.165, 1.54) is 10.4 Å². The van der Waals surface area contributed by atoms with Crippen molar-refractivity contribution in [1.82, 2.24) is 4.31 Å². The Morgan fingerprint density at radius 1 is 1.45 bits per heavy atom. The molecule has 0 radical (unpaired) electrons. The predicted molar refractivity (Wildman–Crippen MR) is 83.7 cm³/mol. The van der Waals surface area contributed by atoms with Gasteiger partial charge in [-0.25, -0.2) is 8.42 Å². The Kier molecular flexibility index (Phi) is 5.22. The minimum absolute atomic E-state index is 0.168. The van der Waals surface area contributed by atoms with Crippen LogP contribution in [0.15, 0.2) is 23.1 Å². The average Bonchev–Trinajstić information content (AvgIpc) is 2.54. The molecule has 1 heterocycles. The van der Waals surface area contributed by atoms with E-state index in [9.17, 15) is 13.5 Å². The quantitative estimate of drug-likeness (QED) is 0.921. The van der Waals surface area contributed by atoms with Crippen LogP contribution in [-0.2, 0) is 10.0 Å². The summed E-state index contributed by atoms with van der Waals surface area (Å²) >= 11 is 0. The van der Waals surface area contributed by atoms with Crippen LogP contribution in [-0.4, -0.2) is 36.5 Å². The maximum atomic E-state index is 13.0. The number of nitrogens with zero attached hydrogens (tertiary/aromatic N) is 2. The average molecular weight is 322 g/mol. The van der Waals surface area contributed by atoms with Gasteiger partial charge in [0.25, 0.3) is 0 Å². The molecule has 1 N–H and O–H groups in total. The van der Waals surface area contributed by atoms with Gasteiger partial charge in [0.05, 0.1) is 28.7 Å². The van der Waals surface area contributed by atoms with Gasteiger partial charge in [0.2, 0.25) is 10.0 Å². The molecule has 0 amide bonds. The molecule has 0 bridgehead atoms. The summed E-state index contributed by atoms with van der Waals surface area (Å²) in [6, 6.07) is 6.29. The van der Waals surface area contributed by atoms with Gasteiger partial charge in [-0.2, -0.15) is 9.57 Å². The number of aryl methyl sites for hydroxylation is 1. The number of hydrogen-bond donors (Lipinski definition) is 1. The number of nitriles is 1. The Morgan fingerprint density at radius 2 is 2.18 bits per heavy atom. The third kappa shape index (κ3) is 3.17. The molecule has 2 atom stereocenters. The number of aliphatic hydroxyl groups excluding tert-OH is 1. The second kappa shape index (κ2) is 6.78. The molecule has 1 aliphatic heterocycles. The minimum Gasteiger partial charge on any atom is -0.391 e. The minimum atomic E-state index is -3.71. The molecule has 0 unspecified atom stereocenters. The van der Waals surface area contributed by atoms with Crippen molar-refractivity contribution in [3.05, 3.63) is 29.3 Å². The van der Waals surface area contributed by atoms with Gasteiger partial charge in [-0.05, 0) is 43.9 Å². The fourth-order valence-electron chi connectivity index (χ4n) is 2.96. The summed E-state index contributed by atoms with van der Waals surface area (Å²) in [5.41, 5.74) is 0.947. The molecule has 2 rings (SSSR count). The third-order valence-electron chi connectivity index (χ3n) is 4.26. The molecular weight excluding hydrogens is 300 g/mol. The Morgan fingerprint density at radius 3 is 2.82 bits per heavy atom. The number of sulfonamides is 1. The van der Waals surface area contributed by atoms with Crippen LogP contribution in [0, 0.1) is 18.3 Å². The normalized spacial score (nSPS) is 21.3. The first kappa shape index (κ1) is 16.9. The van der Waals surface area contributed by atoms with Gasteiger partial charge in [0.15, 0.2) is 0 Å². The van der Waals surface area contributed by atoms with Crippen molar-refractivity contribution in [3.8, 4) is 6.07 Å². The zero-order valence-corrected chi connectivity index (χ0v) is 13.8. The molecule has 1 aliphatic rings. The first-order valence-electron chi connectivity index (χ1n) is 7.62. The highest BCUT2D eigenvalue weighted by atomic mass is 32.2. The fourth-order valence-corrected chi connectivity index (χ4v) is 4.93. The lowest BCUT2D eigenvalue weighted by Gasteiger charge is -2.37. The Hall–Kier alpha value is -1.42. The lowest BCUT2D eigenvalue weighted by molar-refractivity contribution is 0.0667. The molecule has 120 valence electrons. The molecule has 0 spiro atoms. The highest BCUT2D eigenvalue weighted by molar-refractivity contribution is 7.89. The maximum Gasteiger partial charge on any atom is 0.243 e. The number of aliphatic hydroxyl groups is 1. The summed E-state index contributed by atoms with van der Waals surface area (Å²) in [4.78, 5) is 0.168. The highest BCUT2D eigenvalue weighted by Gasteiger charge is 2.37. The summed E-state index contributed by atoms with van der Waals surface area (Å²) in [6.07, 6.45) is 2.25. The Balaban J connectivity index is 2.46. The molecule has 5 nitrogen and oxygen atoms in total. The summed E-state index contributed by atoms with van der Waals surface area (Å²) in [5, 5.41) is 19.2. The van der Waals surface area contributed by atoms with Crippen molar-refractivity contribution >= 4 is 10.0 Å². The van der Waals surface area contributed by atoms with Gasteiger partial charge in [0.1, 0.15) is 0 Å². The maximum absolute atomic E-state index is 13.0. The fraction of sp³-hybridized carbons (Fsp3) is 0.562. The molecule has 0 aliphatic carbocycles. The molecule has 1 saturated heterocycles. The van der Waals surface area contributed by atoms with Crippen LogP contribution >= 0.6 is 0 Å². The van der Waals surface area contributed by atoms with Crippen LogP contribution in [0.3, 0.4) is 0 Å². The van der Waals surface area contributed by atoms with Crippen LogP contribution < -0.4 is 0 Å². The molecule has 1 fully saturated rings. The van der Waals surface area contributed by atoms with Crippen molar-refractivity contribution in [3.63, 3.8) is 0 Å². The topological polar surface area (TPSA) is 81.4 Å². The van der Waals surface area contributed by atoms with E-state index in [4.69, 9.17) is 5.26 Å². The zero-order valence-electron chi connectivity index (χ0n) is 13.0. The van der Waals surface area contributed by atoms with Crippen LogP contribution in [0.5, 0.6) is 0 Å². The number of rotatable bonds is 4. The van der Waals surface area contributed by atoms with E-state index >= 15 is 0 Å². The van der Waals surface area contributed by atoms with E-state index in [-0.39, 0.29) is 10.9 Å². The highest BCUT2D eigenvalue weighted by Crippen LogP contribution is 2.29. The molecule has 0 saturated carbocycles. The standard InChI is InChI=1S/C16H22N2O3S/c1-3-15(19)14-6-4-5-9-18(14)22(20,21)16-10-13(11-17)8-7-12(16)2/h7-8,10,14-15,19H,3-6,9H2,1-2H3/t14-,15-/m0/s1. The van der Waals surface area contributed by atoms with Crippen molar-refractivity contribution in [2.24, 2.45) is 0 Å². The Labute approximate surface area is 132 Å². The Bertz CT molecular complexity index is 679. The molecular formula is C16H22N2O3S. The van der Waals surface area contributed by atoms with E-state index in [0.29, 0.717) is 30.5 Å². The predicted octanol–water partition coefficient (Wildman–Crippen LogP) is 2.18. The second-order valence-electron chi connectivity index (χ2n) is 5.75. The van der Waals surface area contributed by atoms with E-state index in [1.807, 2.05) is 13.0 Å². The smallest absolute Gasteiger partial charge is 0.243 e. The summed E-state index contributed by atoms with van der Waals surface area (Å²) < 4.78 is 27.4. The lowest BCUT2D eigenvalue weighted by Crippen LogP contribution is -2.49. The first-order chi connectivity index (χ1) is 10.4. The van der Waals surface area contributed by atoms with Gasteiger partial charge < -0.3 is 5.11 Å². The van der Waals surface area contributed by atoms with Crippen LogP contribution in [0.25, 0.3) is 0 Å². The van der Waals surface area contributed by atoms with Gasteiger partial charge in [-0.15, -0.1) is 0 Å². The van der Waals surface area contributed by atoms with Crippen LogP contribution in [0.2, 0.25) is 0 Å². The summed E-state index contributed by atoms with van der Waals surface area (Å²) in [5.74, 6) is 0. The van der Waals surface area contributed by atoms with Crippen LogP contribution in [0.4, 0.5) is 0 Å². The van der Waals surface area contributed by atoms with Gasteiger partial charge in [-0.1, -0.05) is 19.4 Å².